The zero-order valence-electron chi connectivity index (χ0n) is 30.7. The average molecular weight is 749 g/mol. The fourth-order valence-electron chi connectivity index (χ4n) is 5.31. The smallest absolute Gasteiger partial charge is 0.328 e. The highest BCUT2D eigenvalue weighted by atomic mass is 19.1. The summed E-state index contributed by atoms with van der Waals surface area (Å²) in [5.74, 6) is -0.0870. The lowest BCUT2D eigenvalue weighted by molar-refractivity contribution is -0.131. The molecule has 284 valence electrons. The Bertz CT molecular complexity index is 2260. The largest absolute Gasteiger partial charge is 0.478 e. The standard InChI is InChI=1S/C21H20FN3O2.C12H15N3O.C9H7FO2/c1-13(24-19(26)11-10-15-6-3-4-9-18(15)22)16-7-5-8-17(12-16)20-14(2)27-25-21(20)23;1-7(13)9-4-3-5-10(6-9)11-8(2)16-15-12(11)14;10-8-4-2-1-3-7(8)5-6-9(11)12/h3-13H,1-2H3,(H2,23,25)(H,24,26);3-7H,13H2,1-2H3,(H2,14,15);1-6H,(H,11,12)/b11-10+;;6-5+/t13-;7-;/m00./s1. The van der Waals surface area contributed by atoms with Gasteiger partial charge in [0.15, 0.2) is 11.6 Å². The Hall–Kier alpha value is -6.86. The summed E-state index contributed by atoms with van der Waals surface area (Å²) < 4.78 is 36.6. The van der Waals surface area contributed by atoms with Gasteiger partial charge in [-0.05, 0) is 86.4 Å². The van der Waals surface area contributed by atoms with Crippen LogP contribution in [-0.2, 0) is 9.59 Å². The van der Waals surface area contributed by atoms with Crippen molar-refractivity contribution >= 4 is 35.7 Å². The third-order valence-corrected chi connectivity index (χ3v) is 8.14. The number of halogens is 2. The van der Waals surface area contributed by atoms with Gasteiger partial charge in [0, 0.05) is 29.3 Å². The van der Waals surface area contributed by atoms with Crippen LogP contribution in [0.5, 0.6) is 0 Å². The number of carboxylic acid groups (broad SMARTS) is 1. The molecule has 13 heteroatoms. The Kier molecular flexibility index (Phi) is 14.3. The third kappa shape index (κ3) is 11.6. The lowest BCUT2D eigenvalue weighted by Crippen LogP contribution is -2.24. The summed E-state index contributed by atoms with van der Waals surface area (Å²) in [5.41, 5.74) is 23.5. The number of amides is 1. The van der Waals surface area contributed by atoms with Gasteiger partial charge in [0.1, 0.15) is 23.2 Å². The van der Waals surface area contributed by atoms with Crippen LogP contribution in [0.1, 0.15) is 59.7 Å². The normalized spacial score (nSPS) is 12.0. The van der Waals surface area contributed by atoms with Gasteiger partial charge < -0.3 is 36.7 Å². The lowest BCUT2D eigenvalue weighted by Gasteiger charge is -2.14. The number of benzene rings is 4. The number of anilines is 2. The number of nitrogen functional groups attached to an aromatic ring is 2. The number of nitrogens with one attached hydrogen (secondary N) is 1. The summed E-state index contributed by atoms with van der Waals surface area (Å²) in [6.07, 6.45) is 4.89. The summed E-state index contributed by atoms with van der Waals surface area (Å²) in [4.78, 5) is 22.2. The molecule has 6 rings (SSSR count). The van der Waals surface area contributed by atoms with E-state index >= 15 is 0 Å². The number of carbonyl (C=O) groups excluding carboxylic acids is 1. The molecule has 55 heavy (non-hydrogen) atoms. The first kappa shape index (κ1) is 40.9. The molecule has 0 aliphatic heterocycles. The molecule has 0 spiro atoms. The van der Waals surface area contributed by atoms with Gasteiger partial charge in [-0.15, -0.1) is 0 Å². The molecule has 0 fully saturated rings. The maximum Gasteiger partial charge on any atom is 0.328 e. The average Bonchev–Trinajstić information content (AvgIpc) is 3.69. The van der Waals surface area contributed by atoms with Crippen molar-refractivity contribution in [2.75, 3.05) is 11.5 Å². The van der Waals surface area contributed by atoms with E-state index in [9.17, 15) is 18.4 Å². The van der Waals surface area contributed by atoms with Gasteiger partial charge in [0.25, 0.3) is 0 Å². The van der Waals surface area contributed by atoms with Crippen molar-refractivity contribution in [1.29, 1.82) is 0 Å². The quantitative estimate of drug-likeness (QED) is 0.0895. The number of aryl methyl sites for hydroxylation is 2. The molecule has 8 N–H and O–H groups in total. The molecule has 2 heterocycles. The SMILES string of the molecule is Cc1onc(N)c1-c1cccc([C@H](C)N)c1.Cc1onc(N)c1-c1cccc([C@H](C)NC(=O)/C=C/c2ccccc2F)c1.O=C(O)/C=C/c1ccccc1F. The van der Waals surface area contributed by atoms with E-state index in [1.807, 2.05) is 69.3 Å². The number of hydrogen-bond acceptors (Lipinski definition) is 9. The predicted octanol–water partition coefficient (Wildman–Crippen LogP) is 8.44. The van der Waals surface area contributed by atoms with E-state index in [-0.39, 0.29) is 29.4 Å². The second-order valence-corrected chi connectivity index (χ2v) is 12.3. The highest BCUT2D eigenvalue weighted by Crippen LogP contribution is 2.31. The van der Waals surface area contributed by atoms with Crippen molar-refractivity contribution in [3.63, 3.8) is 0 Å². The van der Waals surface area contributed by atoms with Gasteiger partial charge in [0.05, 0.1) is 17.2 Å². The Morgan fingerprint density at radius 2 is 1.16 bits per heavy atom. The maximum atomic E-state index is 13.6. The second-order valence-electron chi connectivity index (χ2n) is 12.3. The van der Waals surface area contributed by atoms with Crippen molar-refractivity contribution in [2.24, 2.45) is 5.73 Å². The van der Waals surface area contributed by atoms with Gasteiger partial charge in [-0.2, -0.15) is 0 Å². The third-order valence-electron chi connectivity index (χ3n) is 8.14. The minimum Gasteiger partial charge on any atom is -0.478 e. The molecular formula is C42H42F2N6O5. The van der Waals surface area contributed by atoms with E-state index in [1.165, 1.54) is 36.4 Å². The molecule has 11 nitrogen and oxygen atoms in total. The predicted molar refractivity (Wildman–Crippen MR) is 210 cm³/mol. The molecular weight excluding hydrogens is 706 g/mol. The summed E-state index contributed by atoms with van der Waals surface area (Å²) in [7, 11) is 0. The number of nitrogens with two attached hydrogens (primary N) is 3. The zero-order chi connectivity index (χ0) is 40.1. The van der Waals surface area contributed by atoms with Gasteiger partial charge in [-0.25, -0.2) is 13.6 Å². The zero-order valence-corrected chi connectivity index (χ0v) is 30.7. The van der Waals surface area contributed by atoms with Crippen LogP contribution < -0.4 is 22.5 Å². The van der Waals surface area contributed by atoms with Crippen LogP contribution in [-0.4, -0.2) is 27.3 Å². The molecule has 0 radical (unpaired) electrons. The molecule has 0 saturated heterocycles. The molecule has 0 bridgehead atoms. The van der Waals surface area contributed by atoms with Gasteiger partial charge in [-0.1, -0.05) is 83.1 Å². The van der Waals surface area contributed by atoms with E-state index in [0.29, 0.717) is 23.0 Å². The number of nitrogens with zero attached hydrogens (tertiary/aromatic N) is 2. The Balaban J connectivity index is 0.000000203. The molecule has 0 aliphatic rings. The molecule has 6 aromatic rings. The van der Waals surface area contributed by atoms with Crippen LogP contribution in [0.15, 0.2) is 118 Å². The van der Waals surface area contributed by atoms with E-state index in [4.69, 9.17) is 31.4 Å². The van der Waals surface area contributed by atoms with E-state index in [0.717, 1.165) is 45.2 Å². The lowest BCUT2D eigenvalue weighted by atomic mass is 10.00. The second kappa shape index (κ2) is 19.3. The van der Waals surface area contributed by atoms with Crippen molar-refractivity contribution in [1.82, 2.24) is 15.6 Å². The van der Waals surface area contributed by atoms with E-state index < -0.39 is 11.8 Å². The molecule has 0 saturated carbocycles. The van der Waals surface area contributed by atoms with Gasteiger partial charge in [0.2, 0.25) is 5.91 Å². The fourth-order valence-corrected chi connectivity index (χ4v) is 5.31. The van der Waals surface area contributed by atoms with Gasteiger partial charge in [-0.3, -0.25) is 4.79 Å². The van der Waals surface area contributed by atoms with Crippen LogP contribution >= 0.6 is 0 Å². The van der Waals surface area contributed by atoms with Crippen LogP contribution in [0.2, 0.25) is 0 Å². The van der Waals surface area contributed by atoms with Crippen molar-refractivity contribution in [3.8, 4) is 22.3 Å². The highest BCUT2D eigenvalue weighted by molar-refractivity contribution is 5.92. The first-order valence-corrected chi connectivity index (χ1v) is 17.0. The first-order chi connectivity index (χ1) is 26.2. The minimum absolute atomic E-state index is 0.00124. The number of carboxylic acids is 1. The Labute approximate surface area is 317 Å². The summed E-state index contributed by atoms with van der Waals surface area (Å²) in [6, 6.07) is 27.6. The van der Waals surface area contributed by atoms with Gasteiger partial charge >= 0.3 is 5.97 Å². The van der Waals surface area contributed by atoms with E-state index in [2.05, 4.69) is 15.6 Å². The fraction of sp³-hybridized carbons (Fsp3) is 0.143. The summed E-state index contributed by atoms with van der Waals surface area (Å²) in [5, 5.41) is 18.6. The first-order valence-electron chi connectivity index (χ1n) is 17.0. The number of hydrogen-bond donors (Lipinski definition) is 5. The summed E-state index contributed by atoms with van der Waals surface area (Å²) >= 11 is 0. The molecule has 0 unspecified atom stereocenters. The van der Waals surface area contributed by atoms with Crippen molar-refractivity contribution in [2.45, 2.75) is 39.8 Å². The molecule has 2 aromatic heterocycles. The number of aliphatic carboxylic acids is 1. The van der Waals surface area contributed by atoms with Crippen LogP contribution in [0.4, 0.5) is 20.4 Å². The van der Waals surface area contributed by atoms with Crippen LogP contribution in [0.25, 0.3) is 34.4 Å². The molecule has 2 atom stereocenters. The monoisotopic (exact) mass is 748 g/mol. The molecule has 1 amide bonds. The minimum atomic E-state index is -1.08. The number of carbonyl (C=O) groups is 2. The molecule has 4 aromatic carbocycles. The topological polar surface area (TPSA) is 197 Å². The highest BCUT2D eigenvalue weighted by Gasteiger charge is 2.15. The van der Waals surface area contributed by atoms with Crippen LogP contribution in [0, 0.1) is 25.5 Å². The van der Waals surface area contributed by atoms with E-state index in [1.54, 1.807) is 37.3 Å². The molecule has 0 aliphatic carbocycles. The maximum absolute atomic E-state index is 13.6. The summed E-state index contributed by atoms with van der Waals surface area (Å²) in [6.45, 7) is 7.46. The Morgan fingerprint density at radius 1 is 0.709 bits per heavy atom. The Morgan fingerprint density at radius 3 is 1.60 bits per heavy atom. The number of rotatable bonds is 9. The van der Waals surface area contributed by atoms with Crippen molar-refractivity contribution < 1.29 is 32.5 Å². The van der Waals surface area contributed by atoms with Crippen LogP contribution in [0.3, 0.4) is 0 Å². The number of aromatic nitrogens is 2. The van der Waals surface area contributed by atoms with Crippen molar-refractivity contribution in [3.05, 3.63) is 155 Å².